The van der Waals surface area contributed by atoms with E-state index in [1.165, 1.54) is 13.0 Å². The van der Waals surface area contributed by atoms with Crippen LogP contribution in [0.5, 0.6) is 0 Å². The van der Waals surface area contributed by atoms with Gasteiger partial charge in [-0.25, -0.2) is 8.78 Å². The van der Waals surface area contributed by atoms with Crippen LogP contribution in [0.1, 0.15) is 41.2 Å². The molecule has 1 N–H and O–H groups in total. The Morgan fingerprint density at radius 3 is 2.38 bits per heavy atom. The molecule has 0 heterocycles. The molecular formula is C28H28F2O2. The lowest BCUT2D eigenvalue weighted by molar-refractivity contribution is -0.122. The first-order chi connectivity index (χ1) is 15.3. The molecule has 2 nitrogen and oxygen atoms in total. The normalized spacial score (nSPS) is 12.3. The van der Waals surface area contributed by atoms with Crippen molar-refractivity contribution < 1.29 is 18.7 Å². The number of aryl methyl sites for hydroxylation is 2. The predicted molar refractivity (Wildman–Crippen MR) is 126 cm³/mol. The lowest BCUT2D eigenvalue weighted by Gasteiger charge is -2.12. The van der Waals surface area contributed by atoms with Crippen LogP contribution in [0.4, 0.5) is 8.78 Å². The van der Waals surface area contributed by atoms with E-state index in [9.17, 15) is 18.7 Å². The second kappa shape index (κ2) is 10.5. The van der Waals surface area contributed by atoms with E-state index >= 15 is 0 Å². The zero-order valence-corrected chi connectivity index (χ0v) is 18.7. The minimum atomic E-state index is -0.858. The molecule has 0 bridgehead atoms. The van der Waals surface area contributed by atoms with Gasteiger partial charge >= 0.3 is 0 Å². The lowest BCUT2D eigenvalue weighted by atomic mass is 9.94. The minimum absolute atomic E-state index is 0.00446. The highest BCUT2D eigenvalue weighted by Gasteiger charge is 2.14. The van der Waals surface area contributed by atoms with Crippen molar-refractivity contribution in [2.24, 2.45) is 5.92 Å². The van der Waals surface area contributed by atoms with Crippen LogP contribution < -0.4 is 0 Å². The van der Waals surface area contributed by atoms with Crippen LogP contribution in [-0.2, 0) is 11.2 Å². The van der Waals surface area contributed by atoms with Gasteiger partial charge in [0.2, 0.25) is 0 Å². The first-order valence-corrected chi connectivity index (χ1v) is 10.7. The van der Waals surface area contributed by atoms with Gasteiger partial charge in [-0.15, -0.1) is 0 Å². The average molecular weight is 435 g/mol. The molecule has 4 heteroatoms. The molecule has 1 unspecified atom stereocenters. The maximum atomic E-state index is 14.3. The number of aliphatic hydroxyl groups excluding tert-OH is 1. The number of carbonyl (C=O) groups excluding carboxylic acids is 1. The molecule has 0 spiro atoms. The maximum Gasteiger partial charge on any atom is 0.166 e. The van der Waals surface area contributed by atoms with Gasteiger partial charge in [-0.1, -0.05) is 60.7 Å². The molecule has 3 rings (SSSR count). The van der Waals surface area contributed by atoms with Gasteiger partial charge in [0, 0.05) is 11.5 Å². The van der Waals surface area contributed by atoms with Crippen LogP contribution >= 0.6 is 0 Å². The smallest absolute Gasteiger partial charge is 0.166 e. The van der Waals surface area contributed by atoms with E-state index in [0.717, 1.165) is 33.9 Å². The summed E-state index contributed by atoms with van der Waals surface area (Å²) in [6.45, 7) is 5.31. The van der Waals surface area contributed by atoms with E-state index in [1.54, 1.807) is 12.1 Å². The first kappa shape index (κ1) is 23.6. The van der Waals surface area contributed by atoms with Crippen LogP contribution in [0.3, 0.4) is 0 Å². The van der Waals surface area contributed by atoms with Crippen LogP contribution in [0, 0.1) is 31.4 Å². The van der Waals surface area contributed by atoms with Gasteiger partial charge in [-0.2, -0.15) is 0 Å². The van der Waals surface area contributed by atoms with E-state index in [-0.39, 0.29) is 23.9 Å². The summed E-state index contributed by atoms with van der Waals surface area (Å²) in [4.78, 5) is 11.6. The van der Waals surface area contributed by atoms with E-state index in [1.807, 2.05) is 50.3 Å². The summed E-state index contributed by atoms with van der Waals surface area (Å²) < 4.78 is 28.0. The molecule has 0 aliphatic heterocycles. The zero-order valence-electron chi connectivity index (χ0n) is 18.7. The van der Waals surface area contributed by atoms with Gasteiger partial charge in [0.1, 0.15) is 5.78 Å². The Morgan fingerprint density at radius 2 is 1.66 bits per heavy atom. The summed E-state index contributed by atoms with van der Waals surface area (Å²) in [5.74, 6) is -2.02. The third kappa shape index (κ3) is 5.38. The van der Waals surface area contributed by atoms with Crippen molar-refractivity contribution in [3.8, 4) is 11.1 Å². The SMILES string of the molecule is CC(=O)C(CO)CCc1ccc(C)c(/C=C/c2cccc(-c3cccc(F)c3F)c2C)c1. The Kier molecular flexibility index (Phi) is 7.70. The molecule has 0 radical (unpaired) electrons. The van der Waals surface area contributed by atoms with Gasteiger partial charge in [-0.05, 0) is 73.1 Å². The van der Waals surface area contributed by atoms with Crippen molar-refractivity contribution in [3.05, 3.63) is 94.0 Å². The number of benzene rings is 3. The number of carbonyl (C=O) groups is 1. The summed E-state index contributed by atoms with van der Waals surface area (Å²) in [5, 5.41) is 9.37. The zero-order chi connectivity index (χ0) is 23.3. The topological polar surface area (TPSA) is 37.3 Å². The molecule has 0 aliphatic carbocycles. The van der Waals surface area contributed by atoms with Crippen molar-refractivity contribution in [1.82, 2.24) is 0 Å². The molecule has 0 saturated heterocycles. The van der Waals surface area contributed by atoms with Gasteiger partial charge in [0.05, 0.1) is 6.61 Å². The number of halogens is 2. The highest BCUT2D eigenvalue weighted by atomic mass is 19.2. The molecule has 32 heavy (non-hydrogen) atoms. The summed E-state index contributed by atoms with van der Waals surface area (Å²) >= 11 is 0. The Hall–Kier alpha value is -3.11. The van der Waals surface area contributed by atoms with Crippen molar-refractivity contribution >= 4 is 17.9 Å². The third-order valence-corrected chi connectivity index (χ3v) is 5.98. The van der Waals surface area contributed by atoms with Crippen LogP contribution in [-0.4, -0.2) is 17.5 Å². The van der Waals surface area contributed by atoms with Crippen LogP contribution in [0.25, 0.3) is 23.3 Å². The van der Waals surface area contributed by atoms with E-state index in [2.05, 4.69) is 6.07 Å². The molecule has 0 aliphatic rings. The van der Waals surface area contributed by atoms with Crippen molar-refractivity contribution in [3.63, 3.8) is 0 Å². The van der Waals surface area contributed by atoms with E-state index in [4.69, 9.17) is 0 Å². The summed E-state index contributed by atoms with van der Waals surface area (Å²) in [5.41, 5.74) is 5.96. The van der Waals surface area contributed by atoms with Crippen LogP contribution in [0.2, 0.25) is 0 Å². The second-order valence-electron chi connectivity index (χ2n) is 8.17. The van der Waals surface area contributed by atoms with Crippen molar-refractivity contribution in [2.45, 2.75) is 33.6 Å². The highest BCUT2D eigenvalue weighted by Crippen LogP contribution is 2.30. The fourth-order valence-corrected chi connectivity index (χ4v) is 3.81. The summed E-state index contributed by atoms with van der Waals surface area (Å²) in [6.07, 6.45) is 5.31. The quantitative estimate of drug-likeness (QED) is 0.408. The molecule has 0 aromatic heterocycles. The Balaban J connectivity index is 1.86. The van der Waals surface area contributed by atoms with Gasteiger partial charge in [0.25, 0.3) is 0 Å². The Bertz CT molecular complexity index is 1150. The number of aliphatic hydroxyl groups is 1. The molecule has 166 valence electrons. The van der Waals surface area contributed by atoms with Gasteiger partial charge < -0.3 is 5.11 Å². The lowest BCUT2D eigenvalue weighted by Crippen LogP contribution is -2.16. The van der Waals surface area contributed by atoms with Crippen molar-refractivity contribution in [2.75, 3.05) is 6.61 Å². The predicted octanol–water partition coefficient (Wildman–Crippen LogP) is 6.55. The van der Waals surface area contributed by atoms with E-state index < -0.39 is 11.6 Å². The largest absolute Gasteiger partial charge is 0.396 e. The molecular weight excluding hydrogens is 406 g/mol. The molecule has 1 atom stereocenters. The number of hydrogen-bond acceptors (Lipinski definition) is 2. The average Bonchev–Trinajstić information content (AvgIpc) is 2.77. The maximum absolute atomic E-state index is 14.3. The molecule has 0 saturated carbocycles. The van der Waals surface area contributed by atoms with Crippen LogP contribution in [0.15, 0.2) is 54.6 Å². The standard InChI is InChI=1S/C28H28F2O2/c1-18-10-11-21(12-13-24(17-31)20(3)32)16-23(18)15-14-22-6-4-7-25(19(22)2)26-8-5-9-27(29)28(26)30/h4-11,14-16,24,31H,12-13,17H2,1-3H3/b15-14+. The minimum Gasteiger partial charge on any atom is -0.396 e. The Morgan fingerprint density at radius 1 is 0.969 bits per heavy atom. The summed E-state index contributed by atoms with van der Waals surface area (Å²) in [7, 11) is 0. The molecule has 3 aromatic rings. The fourth-order valence-electron chi connectivity index (χ4n) is 3.81. The second-order valence-corrected chi connectivity index (χ2v) is 8.17. The molecule has 0 amide bonds. The van der Waals surface area contributed by atoms with Crippen molar-refractivity contribution in [1.29, 1.82) is 0 Å². The number of rotatable bonds is 8. The first-order valence-electron chi connectivity index (χ1n) is 10.7. The fraction of sp³-hybridized carbons (Fsp3) is 0.250. The molecule has 0 fully saturated rings. The monoisotopic (exact) mass is 434 g/mol. The molecule has 3 aromatic carbocycles. The van der Waals surface area contributed by atoms with E-state index in [0.29, 0.717) is 18.4 Å². The number of Topliss-reactive ketones (excluding diaryl/α,β-unsaturated/α-hetero) is 1. The highest BCUT2D eigenvalue weighted by molar-refractivity contribution is 5.79. The number of ketones is 1. The third-order valence-electron chi connectivity index (χ3n) is 5.98. The number of hydrogen-bond donors (Lipinski definition) is 1. The van der Waals surface area contributed by atoms with Gasteiger partial charge in [0.15, 0.2) is 11.6 Å². The van der Waals surface area contributed by atoms with Gasteiger partial charge in [-0.3, -0.25) is 4.79 Å². The Labute approximate surface area is 188 Å². The summed E-state index contributed by atoms with van der Waals surface area (Å²) in [6, 6.07) is 16.0.